The van der Waals surface area contributed by atoms with Crippen molar-refractivity contribution in [2.24, 2.45) is 11.7 Å². The Kier molecular flexibility index (Phi) is 7.29. The lowest BCUT2D eigenvalue weighted by atomic mass is 9.89. The van der Waals surface area contributed by atoms with E-state index in [1.807, 2.05) is 30.3 Å². The van der Waals surface area contributed by atoms with Crippen molar-refractivity contribution in [1.29, 1.82) is 0 Å². The van der Waals surface area contributed by atoms with E-state index in [1.165, 1.54) is 25.3 Å². The predicted molar refractivity (Wildman–Crippen MR) is 127 cm³/mol. The minimum Gasteiger partial charge on any atom is -0.369 e. The van der Waals surface area contributed by atoms with E-state index < -0.39 is 11.7 Å². The standard InChI is InChI=1S/C26H29FN4O2/c27-21-13-7-12-19-23(26(33)30-14-17-8-3-1-4-9-17)20(15-29-16-22(28)32)24(31-25(19)21)18-10-5-2-6-11-18/h2,5-7,10-13,17,29H,1,3-4,8-9,14-16H2,(H2,28,32)(H,30,33). The highest BCUT2D eigenvalue weighted by Gasteiger charge is 2.24. The van der Waals surface area contributed by atoms with Gasteiger partial charge in [0.05, 0.1) is 17.8 Å². The molecule has 0 spiro atoms. The average Bonchev–Trinajstić information content (AvgIpc) is 2.83. The van der Waals surface area contributed by atoms with Crippen LogP contribution >= 0.6 is 0 Å². The number of nitrogens with two attached hydrogens (primary N) is 1. The van der Waals surface area contributed by atoms with E-state index in [0.29, 0.717) is 34.7 Å². The summed E-state index contributed by atoms with van der Waals surface area (Å²) >= 11 is 0. The molecular formula is C26H29FN4O2. The fourth-order valence-electron chi connectivity index (χ4n) is 4.58. The van der Waals surface area contributed by atoms with Gasteiger partial charge in [0.2, 0.25) is 5.91 Å². The number of carbonyl (C=O) groups is 2. The quantitative estimate of drug-likeness (QED) is 0.486. The molecule has 33 heavy (non-hydrogen) atoms. The number of fused-ring (bicyclic) bond motifs is 1. The number of benzene rings is 2. The molecule has 0 saturated heterocycles. The summed E-state index contributed by atoms with van der Waals surface area (Å²) in [6.45, 7) is 0.740. The molecule has 0 unspecified atom stereocenters. The summed E-state index contributed by atoms with van der Waals surface area (Å²) in [4.78, 5) is 29.5. The molecule has 172 valence electrons. The van der Waals surface area contributed by atoms with Crippen molar-refractivity contribution in [3.05, 3.63) is 65.5 Å². The molecule has 0 aliphatic heterocycles. The lowest BCUT2D eigenvalue weighted by molar-refractivity contribution is -0.117. The third-order valence-corrected chi connectivity index (χ3v) is 6.22. The Labute approximate surface area is 192 Å². The maximum absolute atomic E-state index is 14.8. The number of nitrogens with one attached hydrogen (secondary N) is 2. The molecule has 1 aliphatic rings. The second kappa shape index (κ2) is 10.5. The highest BCUT2D eigenvalue weighted by Crippen LogP contribution is 2.32. The first-order valence-corrected chi connectivity index (χ1v) is 11.5. The van der Waals surface area contributed by atoms with Crippen LogP contribution in [0.3, 0.4) is 0 Å². The summed E-state index contributed by atoms with van der Waals surface area (Å²) in [7, 11) is 0. The number of nitrogens with zero attached hydrogens (tertiary/aromatic N) is 1. The molecule has 1 saturated carbocycles. The lowest BCUT2D eigenvalue weighted by Crippen LogP contribution is -2.33. The number of pyridine rings is 1. The number of carbonyl (C=O) groups excluding carboxylic acids is 2. The van der Waals surface area contributed by atoms with E-state index in [4.69, 9.17) is 5.73 Å². The van der Waals surface area contributed by atoms with Gasteiger partial charge in [0.25, 0.3) is 5.91 Å². The van der Waals surface area contributed by atoms with Gasteiger partial charge in [-0.25, -0.2) is 9.37 Å². The van der Waals surface area contributed by atoms with Crippen LogP contribution in [0, 0.1) is 11.7 Å². The maximum atomic E-state index is 14.8. The largest absolute Gasteiger partial charge is 0.369 e. The van der Waals surface area contributed by atoms with Crippen molar-refractivity contribution in [2.75, 3.05) is 13.1 Å². The van der Waals surface area contributed by atoms with E-state index in [1.54, 1.807) is 12.1 Å². The van der Waals surface area contributed by atoms with Gasteiger partial charge in [-0.15, -0.1) is 0 Å². The van der Waals surface area contributed by atoms with Crippen LogP contribution in [0.4, 0.5) is 4.39 Å². The van der Waals surface area contributed by atoms with Crippen LogP contribution in [-0.2, 0) is 11.3 Å². The van der Waals surface area contributed by atoms with E-state index in [0.717, 1.165) is 18.4 Å². The first-order chi connectivity index (χ1) is 16.0. The summed E-state index contributed by atoms with van der Waals surface area (Å²) in [6.07, 6.45) is 5.83. The number of hydrogen-bond acceptors (Lipinski definition) is 4. The molecule has 2 amide bonds. The SMILES string of the molecule is NC(=O)CNCc1c(-c2ccccc2)nc2c(F)cccc2c1C(=O)NCC1CCCCC1. The fourth-order valence-corrected chi connectivity index (χ4v) is 4.58. The molecule has 1 heterocycles. The van der Waals surface area contributed by atoms with E-state index in [-0.39, 0.29) is 24.5 Å². The Hall–Kier alpha value is -3.32. The van der Waals surface area contributed by atoms with Crippen LogP contribution in [0.5, 0.6) is 0 Å². The summed E-state index contributed by atoms with van der Waals surface area (Å²) < 4.78 is 14.8. The number of hydrogen-bond donors (Lipinski definition) is 3. The smallest absolute Gasteiger partial charge is 0.252 e. The number of rotatable bonds is 8. The third kappa shape index (κ3) is 5.37. The van der Waals surface area contributed by atoms with Crippen molar-refractivity contribution in [3.63, 3.8) is 0 Å². The molecule has 0 bridgehead atoms. The Morgan fingerprint density at radius 3 is 2.52 bits per heavy atom. The first-order valence-electron chi connectivity index (χ1n) is 11.5. The van der Waals surface area contributed by atoms with Gasteiger partial charge in [0.15, 0.2) is 0 Å². The van der Waals surface area contributed by atoms with Crippen molar-refractivity contribution < 1.29 is 14.0 Å². The molecule has 6 nitrogen and oxygen atoms in total. The van der Waals surface area contributed by atoms with Crippen LogP contribution in [0.25, 0.3) is 22.2 Å². The van der Waals surface area contributed by atoms with Crippen LogP contribution in [-0.4, -0.2) is 29.9 Å². The molecule has 4 N–H and O–H groups in total. The molecule has 2 aromatic carbocycles. The zero-order chi connectivity index (χ0) is 23.2. The van der Waals surface area contributed by atoms with Crippen LogP contribution in [0.2, 0.25) is 0 Å². The van der Waals surface area contributed by atoms with E-state index in [9.17, 15) is 14.0 Å². The Bertz CT molecular complexity index is 1140. The van der Waals surface area contributed by atoms with Gasteiger partial charge < -0.3 is 16.4 Å². The average molecular weight is 449 g/mol. The minimum atomic E-state index is -0.501. The maximum Gasteiger partial charge on any atom is 0.252 e. The monoisotopic (exact) mass is 448 g/mol. The summed E-state index contributed by atoms with van der Waals surface area (Å²) in [6, 6.07) is 14.0. The van der Waals surface area contributed by atoms with Crippen molar-refractivity contribution >= 4 is 22.7 Å². The highest BCUT2D eigenvalue weighted by molar-refractivity contribution is 6.09. The number of para-hydroxylation sites is 1. The summed E-state index contributed by atoms with van der Waals surface area (Å²) in [5, 5.41) is 6.54. The first kappa shape index (κ1) is 22.9. The molecule has 1 aromatic heterocycles. The zero-order valence-corrected chi connectivity index (χ0v) is 18.6. The van der Waals surface area contributed by atoms with Gasteiger partial charge in [-0.05, 0) is 24.8 Å². The molecule has 3 aromatic rings. The van der Waals surface area contributed by atoms with E-state index in [2.05, 4.69) is 15.6 Å². The van der Waals surface area contributed by atoms with Crippen LogP contribution in [0.15, 0.2) is 48.5 Å². The van der Waals surface area contributed by atoms with Gasteiger partial charge >= 0.3 is 0 Å². The topological polar surface area (TPSA) is 97.1 Å². The van der Waals surface area contributed by atoms with Crippen molar-refractivity contribution in [2.45, 2.75) is 38.6 Å². The number of primary amides is 1. The number of halogens is 1. The van der Waals surface area contributed by atoms with Gasteiger partial charge in [0, 0.05) is 29.6 Å². The molecule has 0 radical (unpaired) electrons. The Morgan fingerprint density at radius 2 is 1.79 bits per heavy atom. The van der Waals surface area contributed by atoms with Gasteiger partial charge in [-0.2, -0.15) is 0 Å². The fraction of sp³-hybridized carbons (Fsp3) is 0.346. The van der Waals surface area contributed by atoms with Gasteiger partial charge in [-0.3, -0.25) is 9.59 Å². The molecular weight excluding hydrogens is 419 g/mol. The summed E-state index contributed by atoms with van der Waals surface area (Å²) in [5.41, 5.74) is 7.71. The van der Waals surface area contributed by atoms with Gasteiger partial charge in [-0.1, -0.05) is 61.7 Å². The number of aromatic nitrogens is 1. The predicted octanol–water partition coefficient (Wildman–Crippen LogP) is 3.93. The zero-order valence-electron chi connectivity index (χ0n) is 18.6. The van der Waals surface area contributed by atoms with E-state index >= 15 is 0 Å². The summed E-state index contributed by atoms with van der Waals surface area (Å²) in [5.74, 6) is -0.786. The van der Waals surface area contributed by atoms with Crippen LogP contribution < -0.4 is 16.4 Å². The second-order valence-electron chi connectivity index (χ2n) is 8.60. The molecule has 7 heteroatoms. The normalized spacial score (nSPS) is 14.3. The molecule has 1 fully saturated rings. The lowest BCUT2D eigenvalue weighted by Gasteiger charge is -2.23. The van der Waals surface area contributed by atoms with Crippen molar-refractivity contribution in [1.82, 2.24) is 15.6 Å². The molecule has 1 aliphatic carbocycles. The highest BCUT2D eigenvalue weighted by atomic mass is 19.1. The third-order valence-electron chi connectivity index (χ3n) is 6.22. The Balaban J connectivity index is 1.80. The number of amides is 2. The molecule has 4 rings (SSSR count). The van der Waals surface area contributed by atoms with Crippen molar-refractivity contribution in [3.8, 4) is 11.3 Å². The Morgan fingerprint density at radius 1 is 1.03 bits per heavy atom. The molecule has 0 atom stereocenters. The second-order valence-corrected chi connectivity index (χ2v) is 8.60. The minimum absolute atomic E-state index is 0.0431. The van der Waals surface area contributed by atoms with Gasteiger partial charge in [0.1, 0.15) is 11.3 Å². The van der Waals surface area contributed by atoms with Crippen LogP contribution in [0.1, 0.15) is 48.0 Å².